The molecule has 19 nitrogen and oxygen atoms in total. The van der Waals surface area contributed by atoms with Gasteiger partial charge in [-0.3, -0.25) is 4.79 Å². The van der Waals surface area contributed by atoms with Crippen LogP contribution >= 0.6 is 0 Å². The van der Waals surface area contributed by atoms with Crippen molar-refractivity contribution >= 4 is 5.91 Å². The van der Waals surface area contributed by atoms with E-state index in [0.29, 0.717) is 12.8 Å². The number of hydrogen-bond acceptors (Lipinski definition) is 18. The largest absolute Gasteiger partial charge is 0.394 e. The third-order valence-electron chi connectivity index (χ3n) is 17.9. The molecule has 17 unspecified atom stereocenters. The quantitative estimate of drug-likeness (QED) is 0.0199. The minimum Gasteiger partial charge on any atom is -0.394 e. The fraction of sp³-hybridized carbons (Fsp3) is 0.713. The van der Waals surface area contributed by atoms with Gasteiger partial charge in [0.1, 0.15) is 73.2 Å². The lowest BCUT2D eigenvalue weighted by atomic mass is 9.96. The summed E-state index contributed by atoms with van der Waals surface area (Å²) >= 11 is 0. The highest BCUT2D eigenvalue weighted by Crippen LogP contribution is 2.33. The van der Waals surface area contributed by atoms with Crippen LogP contribution in [0.5, 0.6) is 0 Å². The molecule has 3 aliphatic heterocycles. The van der Waals surface area contributed by atoms with Crippen molar-refractivity contribution in [3.05, 3.63) is 134 Å². The number of allylic oxidation sites excluding steroid dienone is 21. The van der Waals surface area contributed by atoms with Gasteiger partial charge in [-0.25, -0.2) is 0 Å². The minimum absolute atomic E-state index is 0.204. The van der Waals surface area contributed by atoms with E-state index < -0.39 is 124 Å². The molecule has 0 spiro atoms. The van der Waals surface area contributed by atoms with Gasteiger partial charge in [0.05, 0.1) is 38.6 Å². The van der Waals surface area contributed by atoms with Crippen LogP contribution in [0, 0.1) is 0 Å². The second kappa shape index (κ2) is 59.3. The second-order valence-electron chi connectivity index (χ2n) is 26.4. The van der Waals surface area contributed by atoms with Gasteiger partial charge in [0, 0.05) is 6.42 Å². The highest BCUT2D eigenvalue weighted by atomic mass is 16.8. The molecule has 12 N–H and O–H groups in total. The van der Waals surface area contributed by atoms with Crippen LogP contribution in [0.4, 0.5) is 0 Å². The fourth-order valence-corrected chi connectivity index (χ4v) is 11.8. The molecule has 0 saturated carbocycles. The average molecular weight is 1400 g/mol. The maximum Gasteiger partial charge on any atom is 0.220 e. The molecule has 19 heteroatoms. The van der Waals surface area contributed by atoms with Crippen molar-refractivity contribution in [3.8, 4) is 0 Å². The maximum atomic E-state index is 13.4. The topological polar surface area (TPSA) is 307 Å². The monoisotopic (exact) mass is 1400 g/mol. The summed E-state index contributed by atoms with van der Waals surface area (Å²) in [6, 6.07) is -1.01. The van der Waals surface area contributed by atoms with Crippen molar-refractivity contribution in [1.82, 2.24) is 5.32 Å². The average Bonchev–Trinajstić information content (AvgIpc) is 0.761. The zero-order valence-corrected chi connectivity index (χ0v) is 60.2. The van der Waals surface area contributed by atoms with E-state index in [2.05, 4.69) is 141 Å². The Hall–Kier alpha value is -4.07. The van der Waals surface area contributed by atoms with E-state index in [1.165, 1.54) is 89.9 Å². The van der Waals surface area contributed by atoms with Gasteiger partial charge in [-0.15, -0.1) is 0 Å². The number of aliphatic hydroxyl groups excluding tert-OH is 11. The summed E-state index contributed by atoms with van der Waals surface area (Å²) in [6.07, 6.45) is 57.1. The summed E-state index contributed by atoms with van der Waals surface area (Å²) in [5, 5.41) is 121. The van der Waals surface area contributed by atoms with Gasteiger partial charge in [0.25, 0.3) is 0 Å². The molecule has 0 radical (unpaired) electrons. The number of nitrogens with one attached hydrogen (secondary N) is 1. The van der Waals surface area contributed by atoms with Crippen LogP contribution in [-0.4, -0.2) is 193 Å². The standard InChI is InChI=1S/C80H133NO18/c1-3-5-7-9-11-13-15-17-19-21-23-25-26-27-28-29-30-31-32-33-34-35-36-38-40-42-44-46-48-50-52-54-56-58-68(86)81-63(64(85)57-55-53-51-49-47-45-43-41-39-37-24-22-20-18-16-14-12-10-8-6-4-2)62-94-78-74(92)71(89)76(66(60-83)96-78)99-80-75(93)72(90)77(67(61-84)97-80)98-79-73(91)70(88)69(87)65(59-82)95-79/h5,7,11,13,17,19,23,25,27-28,30-31,33-34,36,38,42,44,47,49,55,57,63-67,69-80,82-85,87-93H,3-4,6,8-10,12,14-16,18,20-22,24,26,29,32,35,37,39-41,43,45-46,48,50-54,56,58-62H2,1-2H3,(H,81,86)/b7-5-,13-11-,19-17-,25-23-,28-27-,31-30-,34-33-,38-36-,44-42-,49-47+,57-55+. The third kappa shape index (κ3) is 40.0. The van der Waals surface area contributed by atoms with E-state index in [1.807, 2.05) is 6.08 Å². The summed E-state index contributed by atoms with van der Waals surface area (Å²) in [5.74, 6) is -0.309. The second-order valence-corrected chi connectivity index (χ2v) is 26.4. The van der Waals surface area contributed by atoms with Crippen molar-refractivity contribution in [2.24, 2.45) is 0 Å². The molecule has 0 aromatic carbocycles. The van der Waals surface area contributed by atoms with E-state index in [9.17, 15) is 61.0 Å². The van der Waals surface area contributed by atoms with Gasteiger partial charge in [0.2, 0.25) is 5.91 Å². The summed E-state index contributed by atoms with van der Waals surface area (Å²) in [5.41, 5.74) is 0. The minimum atomic E-state index is -1.99. The Morgan fingerprint density at radius 3 is 1.13 bits per heavy atom. The Morgan fingerprint density at radius 2 is 0.707 bits per heavy atom. The van der Waals surface area contributed by atoms with Gasteiger partial charge < -0.3 is 89.9 Å². The van der Waals surface area contributed by atoms with Crippen LogP contribution in [0.2, 0.25) is 0 Å². The Bertz CT molecular complexity index is 2310. The molecular formula is C80H133NO18. The molecule has 3 saturated heterocycles. The first-order valence-corrected chi connectivity index (χ1v) is 37.9. The number of carbonyl (C=O) groups is 1. The molecule has 566 valence electrons. The van der Waals surface area contributed by atoms with Gasteiger partial charge in [-0.05, 0) is 103 Å². The van der Waals surface area contributed by atoms with Gasteiger partial charge in [-0.1, -0.05) is 257 Å². The van der Waals surface area contributed by atoms with Crippen LogP contribution in [-0.2, 0) is 33.2 Å². The van der Waals surface area contributed by atoms with E-state index >= 15 is 0 Å². The number of hydrogen-bond donors (Lipinski definition) is 12. The number of rotatable bonds is 57. The first kappa shape index (κ1) is 89.1. The highest BCUT2D eigenvalue weighted by molar-refractivity contribution is 5.76. The van der Waals surface area contributed by atoms with Crippen LogP contribution < -0.4 is 5.32 Å². The van der Waals surface area contributed by atoms with Crippen molar-refractivity contribution in [1.29, 1.82) is 0 Å². The summed E-state index contributed by atoms with van der Waals surface area (Å²) in [4.78, 5) is 13.4. The molecule has 3 rings (SSSR count). The molecule has 0 aromatic heterocycles. The fourth-order valence-electron chi connectivity index (χ4n) is 11.8. The SMILES string of the molecule is CC/C=C\C/C=C\C/C=C\C/C=C\C/C=C\C/C=C\C/C=C\C/C=C\C/C=C\CCCCCCCC(=O)NC(COC1OC(CO)C(OC2OC(CO)C(OC3OC(CO)C(O)C(O)C3O)C(O)C2O)C(O)C1O)C(O)/C=C/CC/C=C/CCCCCCCCCCCCCCCCC. The van der Waals surface area contributed by atoms with Crippen LogP contribution in [0.25, 0.3) is 0 Å². The molecule has 0 bridgehead atoms. The summed E-state index contributed by atoms with van der Waals surface area (Å²) < 4.78 is 34.4. The van der Waals surface area contributed by atoms with Gasteiger partial charge in [0.15, 0.2) is 18.9 Å². The number of unbranched alkanes of at least 4 members (excludes halogenated alkanes) is 21. The molecule has 3 heterocycles. The molecule has 3 fully saturated rings. The maximum absolute atomic E-state index is 13.4. The predicted octanol–water partition coefficient (Wildman–Crippen LogP) is 11.7. The first-order chi connectivity index (χ1) is 48.3. The van der Waals surface area contributed by atoms with E-state index in [-0.39, 0.29) is 18.9 Å². The molecular weight excluding hydrogens is 1260 g/mol. The molecule has 0 aromatic rings. The number of amides is 1. The van der Waals surface area contributed by atoms with E-state index in [1.54, 1.807) is 6.08 Å². The third-order valence-corrected chi connectivity index (χ3v) is 17.9. The Balaban J connectivity index is 1.42. The predicted molar refractivity (Wildman–Crippen MR) is 392 cm³/mol. The lowest BCUT2D eigenvalue weighted by Gasteiger charge is -2.48. The van der Waals surface area contributed by atoms with Gasteiger partial charge in [-0.2, -0.15) is 0 Å². The number of aliphatic hydroxyl groups is 11. The molecule has 17 atom stereocenters. The summed E-state index contributed by atoms with van der Waals surface area (Å²) in [6.45, 7) is 1.58. The lowest BCUT2D eigenvalue weighted by molar-refractivity contribution is -0.379. The molecule has 99 heavy (non-hydrogen) atoms. The van der Waals surface area contributed by atoms with Crippen LogP contribution in [0.3, 0.4) is 0 Å². The lowest BCUT2D eigenvalue weighted by Crippen LogP contribution is -2.66. The van der Waals surface area contributed by atoms with E-state index in [4.69, 9.17) is 28.4 Å². The van der Waals surface area contributed by atoms with Crippen molar-refractivity contribution in [3.63, 3.8) is 0 Å². The number of carbonyl (C=O) groups excluding carboxylic acids is 1. The molecule has 1 amide bonds. The van der Waals surface area contributed by atoms with Crippen LogP contribution in [0.15, 0.2) is 134 Å². The van der Waals surface area contributed by atoms with E-state index in [0.717, 1.165) is 109 Å². The normalized spacial score (nSPS) is 27.4. The van der Waals surface area contributed by atoms with Crippen molar-refractivity contribution in [2.45, 2.75) is 336 Å². The van der Waals surface area contributed by atoms with Crippen molar-refractivity contribution < 1.29 is 89.4 Å². The summed E-state index contributed by atoms with van der Waals surface area (Å²) in [7, 11) is 0. The highest BCUT2D eigenvalue weighted by Gasteiger charge is 2.53. The Kier molecular flexibility index (Phi) is 53.4. The first-order valence-electron chi connectivity index (χ1n) is 37.9. The number of ether oxygens (including phenoxy) is 6. The molecule has 3 aliphatic rings. The van der Waals surface area contributed by atoms with Crippen molar-refractivity contribution in [2.75, 3.05) is 26.4 Å². The zero-order valence-electron chi connectivity index (χ0n) is 60.2. The molecule has 0 aliphatic carbocycles. The Morgan fingerprint density at radius 1 is 0.374 bits per heavy atom. The zero-order chi connectivity index (χ0) is 71.8. The van der Waals surface area contributed by atoms with Crippen LogP contribution in [0.1, 0.15) is 232 Å². The van der Waals surface area contributed by atoms with Gasteiger partial charge >= 0.3 is 0 Å². The smallest absolute Gasteiger partial charge is 0.220 e. The Labute approximate surface area is 594 Å².